The number of imidazole rings is 1. The summed E-state index contributed by atoms with van der Waals surface area (Å²) in [4.78, 5) is 22.4. The summed E-state index contributed by atoms with van der Waals surface area (Å²) in [6, 6.07) is 7.88. The molecule has 0 aliphatic carbocycles. The second-order valence-corrected chi connectivity index (χ2v) is 8.81. The van der Waals surface area contributed by atoms with Gasteiger partial charge in [0.2, 0.25) is 0 Å². The summed E-state index contributed by atoms with van der Waals surface area (Å²) in [5, 5.41) is 0. The number of hydrogen-bond acceptors (Lipinski definition) is 4. The number of likely N-dealkylation sites (tertiary alicyclic amines) is 1. The van der Waals surface area contributed by atoms with Crippen molar-refractivity contribution in [2.24, 2.45) is 5.92 Å². The van der Waals surface area contributed by atoms with Gasteiger partial charge < -0.3 is 14.5 Å². The zero-order chi connectivity index (χ0) is 19.6. The van der Waals surface area contributed by atoms with Crippen LogP contribution >= 0.6 is 15.9 Å². The van der Waals surface area contributed by atoms with E-state index in [1.54, 1.807) is 12.0 Å². The monoisotopic (exact) mass is 435 g/mol. The fourth-order valence-electron chi connectivity index (χ4n) is 3.34. The molecule has 1 fully saturated rings. The van der Waals surface area contributed by atoms with Gasteiger partial charge in [0.05, 0.1) is 24.5 Å². The average molecular weight is 436 g/mol. The maximum Gasteiger partial charge on any atom is 0.410 e. The summed E-state index contributed by atoms with van der Waals surface area (Å²) in [6.07, 6.45) is 2.29. The molecule has 1 aromatic carbocycles. The number of aromatic nitrogens is 2. The number of nitrogens with zero attached hydrogens (tertiary/aromatic N) is 2. The van der Waals surface area contributed by atoms with Crippen molar-refractivity contribution in [2.45, 2.75) is 38.8 Å². The van der Waals surface area contributed by atoms with E-state index in [2.05, 4.69) is 25.9 Å². The molecule has 1 aliphatic rings. The van der Waals surface area contributed by atoms with Gasteiger partial charge in [0.15, 0.2) is 0 Å². The molecule has 0 radical (unpaired) electrons. The SMILES string of the molecule is COC[C@H]1CC(c2ncc(-c3ccc(Br)cc3)[nH]2)N(C(=O)OC(C)(C)C)C1. The second kappa shape index (κ2) is 8.02. The predicted octanol–water partition coefficient (Wildman–Crippen LogP) is 4.78. The van der Waals surface area contributed by atoms with Gasteiger partial charge in [0, 0.05) is 24.0 Å². The third-order valence-corrected chi connectivity index (χ3v) is 5.01. The van der Waals surface area contributed by atoms with Crippen LogP contribution in [0.2, 0.25) is 0 Å². The van der Waals surface area contributed by atoms with Gasteiger partial charge in [0.1, 0.15) is 11.4 Å². The highest BCUT2D eigenvalue weighted by Crippen LogP contribution is 2.36. The molecule has 1 amide bonds. The molecule has 2 aromatic rings. The van der Waals surface area contributed by atoms with Gasteiger partial charge in [-0.25, -0.2) is 9.78 Å². The molecule has 6 nitrogen and oxygen atoms in total. The summed E-state index contributed by atoms with van der Waals surface area (Å²) in [6.45, 7) is 6.83. The Bertz CT molecular complexity index is 783. The van der Waals surface area contributed by atoms with Crippen LogP contribution in [-0.4, -0.2) is 46.8 Å². The number of H-pyrrole nitrogens is 1. The van der Waals surface area contributed by atoms with E-state index in [0.29, 0.717) is 13.2 Å². The number of carbonyl (C=O) groups excluding carboxylic acids is 1. The minimum Gasteiger partial charge on any atom is -0.444 e. The van der Waals surface area contributed by atoms with Crippen molar-refractivity contribution in [1.29, 1.82) is 0 Å². The van der Waals surface area contributed by atoms with E-state index in [4.69, 9.17) is 9.47 Å². The van der Waals surface area contributed by atoms with Crippen molar-refractivity contribution in [2.75, 3.05) is 20.3 Å². The number of carbonyl (C=O) groups is 1. The van der Waals surface area contributed by atoms with E-state index < -0.39 is 5.60 Å². The number of rotatable bonds is 4. The molecule has 3 rings (SSSR count). The molecule has 1 N–H and O–H groups in total. The first kappa shape index (κ1) is 19.9. The molecule has 27 heavy (non-hydrogen) atoms. The van der Waals surface area contributed by atoms with Gasteiger partial charge in [-0.2, -0.15) is 0 Å². The van der Waals surface area contributed by atoms with Crippen LogP contribution in [0.5, 0.6) is 0 Å². The fraction of sp³-hybridized carbons (Fsp3) is 0.500. The van der Waals surface area contributed by atoms with Crippen molar-refractivity contribution in [3.05, 3.63) is 40.8 Å². The lowest BCUT2D eigenvalue weighted by molar-refractivity contribution is 0.0208. The lowest BCUT2D eigenvalue weighted by Gasteiger charge is -2.27. The highest BCUT2D eigenvalue weighted by molar-refractivity contribution is 9.10. The van der Waals surface area contributed by atoms with Crippen LogP contribution in [-0.2, 0) is 9.47 Å². The Morgan fingerprint density at radius 3 is 2.67 bits per heavy atom. The first-order valence-corrected chi connectivity index (χ1v) is 9.85. The van der Waals surface area contributed by atoms with Crippen LogP contribution in [0.1, 0.15) is 39.1 Å². The Hall–Kier alpha value is -1.86. The molecule has 7 heteroatoms. The normalized spacial score (nSPS) is 20.1. The van der Waals surface area contributed by atoms with Crippen molar-refractivity contribution in [1.82, 2.24) is 14.9 Å². The van der Waals surface area contributed by atoms with Gasteiger partial charge in [0.25, 0.3) is 0 Å². The van der Waals surface area contributed by atoms with E-state index in [9.17, 15) is 4.79 Å². The number of hydrogen-bond donors (Lipinski definition) is 1. The molecule has 146 valence electrons. The molecule has 2 atom stereocenters. The van der Waals surface area contributed by atoms with Crippen molar-refractivity contribution < 1.29 is 14.3 Å². The molecule has 1 unspecified atom stereocenters. The molecular formula is C20H26BrN3O3. The highest BCUT2D eigenvalue weighted by atomic mass is 79.9. The van der Waals surface area contributed by atoms with Crippen LogP contribution in [0.3, 0.4) is 0 Å². The Labute approximate surface area is 168 Å². The van der Waals surface area contributed by atoms with Crippen molar-refractivity contribution >= 4 is 22.0 Å². The number of halogens is 1. The molecule has 1 saturated heterocycles. The maximum absolute atomic E-state index is 12.7. The smallest absolute Gasteiger partial charge is 0.410 e. The van der Waals surface area contributed by atoms with Gasteiger partial charge in [-0.15, -0.1) is 0 Å². The van der Waals surface area contributed by atoms with Crippen LogP contribution in [0.4, 0.5) is 4.79 Å². The Morgan fingerprint density at radius 2 is 2.04 bits per heavy atom. The summed E-state index contributed by atoms with van der Waals surface area (Å²) in [5.41, 5.74) is 1.44. The molecule has 1 aromatic heterocycles. The van der Waals surface area contributed by atoms with Gasteiger partial charge in [-0.3, -0.25) is 4.90 Å². The van der Waals surface area contributed by atoms with Crippen molar-refractivity contribution in [3.63, 3.8) is 0 Å². The van der Waals surface area contributed by atoms with E-state index in [-0.39, 0.29) is 18.1 Å². The Balaban J connectivity index is 1.83. The average Bonchev–Trinajstić information content (AvgIpc) is 3.21. The number of methoxy groups -OCH3 is 1. The summed E-state index contributed by atoms with van der Waals surface area (Å²) >= 11 is 3.45. The fourth-order valence-corrected chi connectivity index (χ4v) is 3.61. The standard InChI is InChI=1S/C20H26BrN3O3/c1-20(2,3)27-19(25)24-11-13(12-26-4)9-17(24)18-22-10-16(23-18)14-5-7-15(21)8-6-14/h5-8,10,13,17H,9,11-12H2,1-4H3,(H,22,23)/t13-,17?/m0/s1. The third-order valence-electron chi connectivity index (χ3n) is 4.48. The highest BCUT2D eigenvalue weighted by Gasteiger charge is 2.39. The first-order chi connectivity index (χ1) is 12.8. The zero-order valence-corrected chi connectivity index (χ0v) is 17.7. The molecular weight excluding hydrogens is 410 g/mol. The number of nitrogens with one attached hydrogen (secondary N) is 1. The summed E-state index contributed by atoms with van der Waals surface area (Å²) in [7, 11) is 1.68. The van der Waals surface area contributed by atoms with E-state index in [1.165, 1.54) is 0 Å². The van der Waals surface area contributed by atoms with Gasteiger partial charge in [-0.05, 0) is 44.9 Å². The summed E-state index contributed by atoms with van der Waals surface area (Å²) < 4.78 is 11.9. The quantitative estimate of drug-likeness (QED) is 0.749. The van der Waals surface area contributed by atoms with Crippen LogP contribution in [0.15, 0.2) is 34.9 Å². The predicted molar refractivity (Wildman–Crippen MR) is 107 cm³/mol. The molecule has 0 bridgehead atoms. The van der Waals surface area contributed by atoms with Gasteiger partial charge >= 0.3 is 6.09 Å². The molecule has 1 aliphatic heterocycles. The van der Waals surface area contributed by atoms with Gasteiger partial charge in [-0.1, -0.05) is 28.1 Å². The largest absolute Gasteiger partial charge is 0.444 e. The topological polar surface area (TPSA) is 67.5 Å². The zero-order valence-electron chi connectivity index (χ0n) is 16.2. The van der Waals surface area contributed by atoms with Crippen LogP contribution in [0.25, 0.3) is 11.3 Å². The molecule has 0 spiro atoms. The van der Waals surface area contributed by atoms with E-state index in [1.807, 2.05) is 51.2 Å². The van der Waals surface area contributed by atoms with Crippen molar-refractivity contribution in [3.8, 4) is 11.3 Å². The Kier molecular flexibility index (Phi) is 5.91. The summed E-state index contributed by atoms with van der Waals surface area (Å²) in [5.74, 6) is 1.03. The lowest BCUT2D eigenvalue weighted by atomic mass is 10.1. The Morgan fingerprint density at radius 1 is 1.33 bits per heavy atom. The third kappa shape index (κ3) is 4.90. The molecule has 2 heterocycles. The minimum atomic E-state index is -0.535. The van der Waals surface area contributed by atoms with E-state index >= 15 is 0 Å². The number of benzene rings is 1. The van der Waals surface area contributed by atoms with E-state index in [0.717, 1.165) is 28.0 Å². The molecule has 0 saturated carbocycles. The lowest BCUT2D eigenvalue weighted by Crippen LogP contribution is -2.37. The first-order valence-electron chi connectivity index (χ1n) is 9.06. The number of ether oxygens (including phenoxy) is 2. The minimum absolute atomic E-state index is 0.149. The van der Waals surface area contributed by atoms with Crippen LogP contribution < -0.4 is 0 Å². The second-order valence-electron chi connectivity index (χ2n) is 7.89. The maximum atomic E-state index is 12.7. The van der Waals surface area contributed by atoms with Crippen LogP contribution in [0, 0.1) is 5.92 Å². The number of amides is 1. The number of aromatic amines is 1.